The van der Waals surface area contributed by atoms with Crippen LogP contribution in [-0.2, 0) is 16.2 Å². The number of benzene rings is 2. The highest BCUT2D eigenvalue weighted by Crippen LogP contribution is 2.31. The number of hydrogen-bond acceptors (Lipinski definition) is 2. The van der Waals surface area contributed by atoms with Gasteiger partial charge >= 0.3 is 6.18 Å². The summed E-state index contributed by atoms with van der Waals surface area (Å²) in [7, 11) is -3.82. The van der Waals surface area contributed by atoms with E-state index in [1.165, 1.54) is 12.1 Å². The van der Waals surface area contributed by atoms with Crippen molar-refractivity contribution in [1.29, 1.82) is 0 Å². The molecule has 0 N–H and O–H groups in total. The SMILES string of the molecule is CCN(c1ccc(C(F)(F)F)cc1)S(=O)(=O)c1ccc(C)cc1. The number of hydrogen-bond donors (Lipinski definition) is 0. The van der Waals surface area contributed by atoms with Crippen LogP contribution in [0.25, 0.3) is 0 Å². The molecule has 0 saturated heterocycles. The van der Waals surface area contributed by atoms with Crippen molar-refractivity contribution in [1.82, 2.24) is 0 Å². The van der Waals surface area contributed by atoms with Crippen molar-refractivity contribution >= 4 is 15.7 Å². The maximum absolute atomic E-state index is 12.7. The molecule has 2 aromatic rings. The van der Waals surface area contributed by atoms with E-state index in [-0.39, 0.29) is 17.1 Å². The summed E-state index contributed by atoms with van der Waals surface area (Å²) in [5, 5.41) is 0. The summed E-state index contributed by atoms with van der Waals surface area (Å²) in [4.78, 5) is 0.102. The smallest absolute Gasteiger partial charge is 0.267 e. The van der Waals surface area contributed by atoms with Gasteiger partial charge in [-0.1, -0.05) is 17.7 Å². The Morgan fingerprint density at radius 2 is 1.48 bits per heavy atom. The van der Waals surface area contributed by atoms with Crippen molar-refractivity contribution in [2.24, 2.45) is 0 Å². The number of halogens is 3. The Labute approximate surface area is 133 Å². The Bertz CT molecular complexity index is 766. The number of aryl methyl sites for hydroxylation is 1. The summed E-state index contributed by atoms with van der Waals surface area (Å²) in [6.07, 6.45) is -4.45. The fraction of sp³-hybridized carbons (Fsp3) is 0.250. The zero-order valence-electron chi connectivity index (χ0n) is 12.6. The van der Waals surface area contributed by atoms with Crippen LogP contribution < -0.4 is 4.31 Å². The lowest BCUT2D eigenvalue weighted by molar-refractivity contribution is -0.137. The van der Waals surface area contributed by atoms with E-state index < -0.39 is 21.8 Å². The fourth-order valence-corrected chi connectivity index (χ4v) is 3.62. The van der Waals surface area contributed by atoms with Crippen molar-refractivity contribution in [3.8, 4) is 0 Å². The first-order valence-electron chi connectivity index (χ1n) is 6.93. The largest absolute Gasteiger partial charge is 0.416 e. The van der Waals surface area contributed by atoms with Crippen LogP contribution in [0, 0.1) is 6.92 Å². The molecule has 0 saturated carbocycles. The Hall–Kier alpha value is -2.02. The molecule has 0 aromatic heterocycles. The molecule has 2 aromatic carbocycles. The molecule has 0 amide bonds. The van der Waals surface area contributed by atoms with Gasteiger partial charge in [0.05, 0.1) is 16.1 Å². The van der Waals surface area contributed by atoms with Gasteiger partial charge in [0.15, 0.2) is 0 Å². The quantitative estimate of drug-likeness (QED) is 0.833. The van der Waals surface area contributed by atoms with E-state index >= 15 is 0 Å². The average molecular weight is 343 g/mol. The van der Waals surface area contributed by atoms with Crippen LogP contribution in [0.4, 0.5) is 18.9 Å². The van der Waals surface area contributed by atoms with Crippen molar-refractivity contribution in [3.05, 3.63) is 59.7 Å². The molecule has 0 heterocycles. The summed E-state index contributed by atoms with van der Waals surface area (Å²) < 4.78 is 64.2. The minimum Gasteiger partial charge on any atom is -0.267 e. The molecule has 7 heteroatoms. The molecular weight excluding hydrogens is 327 g/mol. The number of rotatable bonds is 4. The molecule has 0 spiro atoms. The highest BCUT2D eigenvalue weighted by atomic mass is 32.2. The first-order chi connectivity index (χ1) is 10.7. The summed E-state index contributed by atoms with van der Waals surface area (Å²) in [6, 6.07) is 10.4. The maximum Gasteiger partial charge on any atom is 0.416 e. The first kappa shape index (κ1) is 17.3. The maximum atomic E-state index is 12.7. The summed E-state index contributed by atoms with van der Waals surface area (Å²) in [5.41, 5.74) is 0.299. The van der Waals surface area contributed by atoms with E-state index in [0.29, 0.717) is 0 Å². The van der Waals surface area contributed by atoms with E-state index in [1.54, 1.807) is 19.1 Å². The van der Waals surface area contributed by atoms with Gasteiger partial charge in [-0.25, -0.2) is 8.42 Å². The minimum absolute atomic E-state index is 0.102. The van der Waals surface area contributed by atoms with E-state index in [0.717, 1.165) is 34.1 Å². The normalized spacial score (nSPS) is 12.2. The molecule has 23 heavy (non-hydrogen) atoms. The highest BCUT2D eigenvalue weighted by molar-refractivity contribution is 7.92. The van der Waals surface area contributed by atoms with E-state index in [4.69, 9.17) is 0 Å². The molecule has 0 unspecified atom stereocenters. The predicted octanol–water partition coefficient (Wildman–Crippen LogP) is 4.23. The van der Waals surface area contributed by atoms with Gasteiger partial charge in [0.1, 0.15) is 0 Å². The lowest BCUT2D eigenvalue weighted by Crippen LogP contribution is -2.30. The summed E-state index contributed by atoms with van der Waals surface area (Å²) in [5.74, 6) is 0. The molecular formula is C16H16F3NO2S. The van der Waals surface area contributed by atoms with Crippen molar-refractivity contribution in [2.75, 3.05) is 10.8 Å². The van der Waals surface area contributed by atoms with Crippen molar-refractivity contribution < 1.29 is 21.6 Å². The monoisotopic (exact) mass is 343 g/mol. The van der Waals surface area contributed by atoms with Crippen LogP contribution in [0.2, 0.25) is 0 Å². The molecule has 0 bridgehead atoms. The standard InChI is InChI=1S/C16H16F3NO2S/c1-3-20(14-8-6-13(7-9-14)16(17,18)19)23(21,22)15-10-4-12(2)5-11-15/h4-11H,3H2,1-2H3. The van der Waals surface area contributed by atoms with Crippen molar-refractivity contribution in [3.63, 3.8) is 0 Å². The Kier molecular flexibility index (Phi) is 4.70. The Morgan fingerprint density at radius 3 is 1.91 bits per heavy atom. The second-order valence-electron chi connectivity index (χ2n) is 5.03. The number of alkyl halides is 3. The average Bonchev–Trinajstić information content (AvgIpc) is 2.48. The molecule has 0 aliphatic rings. The highest BCUT2D eigenvalue weighted by Gasteiger charge is 2.31. The molecule has 0 radical (unpaired) electrons. The zero-order chi connectivity index (χ0) is 17.3. The third-order valence-electron chi connectivity index (χ3n) is 3.38. The lowest BCUT2D eigenvalue weighted by Gasteiger charge is -2.23. The first-order valence-corrected chi connectivity index (χ1v) is 8.37. The van der Waals surface area contributed by atoms with Gasteiger partial charge < -0.3 is 0 Å². The molecule has 2 rings (SSSR count). The van der Waals surface area contributed by atoms with Gasteiger partial charge in [0.25, 0.3) is 10.0 Å². The molecule has 124 valence electrons. The van der Waals surface area contributed by atoms with Gasteiger partial charge in [0.2, 0.25) is 0 Å². The van der Waals surface area contributed by atoms with Crippen LogP contribution in [0.5, 0.6) is 0 Å². The van der Waals surface area contributed by atoms with Crippen LogP contribution in [0.1, 0.15) is 18.1 Å². The van der Waals surface area contributed by atoms with Crippen molar-refractivity contribution in [2.45, 2.75) is 24.9 Å². The van der Waals surface area contributed by atoms with Gasteiger partial charge in [-0.05, 0) is 50.2 Å². The van der Waals surface area contributed by atoms with Gasteiger partial charge in [-0.3, -0.25) is 4.31 Å². The third-order valence-corrected chi connectivity index (χ3v) is 5.30. The lowest BCUT2D eigenvalue weighted by atomic mass is 10.2. The summed E-state index contributed by atoms with van der Waals surface area (Å²) in [6.45, 7) is 3.58. The van der Waals surface area contributed by atoms with Crippen LogP contribution in [0.15, 0.2) is 53.4 Å². The molecule has 0 atom stereocenters. The summed E-state index contributed by atoms with van der Waals surface area (Å²) >= 11 is 0. The van der Waals surface area contributed by atoms with Crippen LogP contribution >= 0.6 is 0 Å². The third kappa shape index (κ3) is 3.67. The van der Waals surface area contributed by atoms with E-state index in [9.17, 15) is 21.6 Å². The molecule has 3 nitrogen and oxygen atoms in total. The van der Waals surface area contributed by atoms with E-state index in [1.807, 2.05) is 6.92 Å². The second-order valence-corrected chi connectivity index (χ2v) is 6.89. The number of nitrogens with zero attached hydrogens (tertiary/aromatic N) is 1. The van der Waals surface area contributed by atoms with Crippen LogP contribution in [-0.4, -0.2) is 15.0 Å². The zero-order valence-corrected chi connectivity index (χ0v) is 13.4. The minimum atomic E-state index is -4.45. The van der Waals surface area contributed by atoms with Gasteiger partial charge in [0, 0.05) is 6.54 Å². The second kappa shape index (κ2) is 6.23. The molecule has 0 aliphatic carbocycles. The van der Waals surface area contributed by atoms with E-state index in [2.05, 4.69) is 0 Å². The van der Waals surface area contributed by atoms with Crippen LogP contribution in [0.3, 0.4) is 0 Å². The fourth-order valence-electron chi connectivity index (χ4n) is 2.15. The predicted molar refractivity (Wildman–Crippen MR) is 82.8 cm³/mol. The number of anilines is 1. The van der Waals surface area contributed by atoms with Gasteiger partial charge in [-0.15, -0.1) is 0 Å². The Balaban J connectivity index is 2.41. The molecule has 0 aliphatic heterocycles. The topological polar surface area (TPSA) is 37.4 Å². The van der Waals surface area contributed by atoms with Gasteiger partial charge in [-0.2, -0.15) is 13.2 Å². The Morgan fingerprint density at radius 1 is 0.957 bits per heavy atom. The molecule has 0 fully saturated rings. The number of sulfonamides is 1.